The first-order valence-electron chi connectivity index (χ1n) is 5.12. The summed E-state index contributed by atoms with van der Waals surface area (Å²) in [6.45, 7) is 0. The van der Waals surface area contributed by atoms with Crippen LogP contribution in [0.15, 0.2) is 41.6 Å². The number of para-hydroxylation sites is 1. The topological polar surface area (TPSA) is 28.7 Å². The van der Waals surface area contributed by atoms with E-state index in [4.69, 9.17) is 11.6 Å². The maximum atomic E-state index is 5.80. The molecule has 3 rings (SSSR count). The lowest BCUT2D eigenvalue weighted by Gasteiger charge is -1.93. The smallest absolute Gasteiger partial charge is 0.183 e. The van der Waals surface area contributed by atoms with Gasteiger partial charge in [-0.1, -0.05) is 29.8 Å². The van der Waals surface area contributed by atoms with Crippen molar-refractivity contribution in [3.8, 4) is 0 Å². The van der Waals surface area contributed by atoms with Crippen molar-refractivity contribution in [3.63, 3.8) is 0 Å². The Labute approximate surface area is 112 Å². The molecule has 0 amide bonds. The van der Waals surface area contributed by atoms with E-state index in [0.717, 1.165) is 5.75 Å². The molecule has 3 aromatic rings. The molecule has 0 saturated carbocycles. The van der Waals surface area contributed by atoms with Crippen molar-refractivity contribution in [2.45, 2.75) is 10.8 Å². The molecule has 0 bridgehead atoms. The number of nitrogens with one attached hydrogen (secondary N) is 1. The van der Waals surface area contributed by atoms with E-state index in [-0.39, 0.29) is 0 Å². The van der Waals surface area contributed by atoms with Gasteiger partial charge in [0.25, 0.3) is 0 Å². The lowest BCUT2D eigenvalue weighted by Crippen LogP contribution is -1.73. The highest BCUT2D eigenvalue weighted by molar-refractivity contribution is 7.98. The summed E-state index contributed by atoms with van der Waals surface area (Å²) in [4.78, 5) is 8.61. The van der Waals surface area contributed by atoms with E-state index in [2.05, 4.69) is 28.2 Å². The lowest BCUT2D eigenvalue weighted by atomic mass is 10.3. The van der Waals surface area contributed by atoms with Crippen molar-refractivity contribution in [1.29, 1.82) is 0 Å². The summed E-state index contributed by atoms with van der Waals surface area (Å²) in [5.41, 5.74) is 1.18. The van der Waals surface area contributed by atoms with E-state index in [1.54, 1.807) is 11.8 Å². The zero-order valence-electron chi connectivity index (χ0n) is 8.81. The molecule has 2 aromatic heterocycles. The van der Waals surface area contributed by atoms with Gasteiger partial charge in [-0.3, -0.25) is 0 Å². The molecule has 0 spiro atoms. The van der Waals surface area contributed by atoms with E-state index in [9.17, 15) is 0 Å². The molecule has 86 valence electrons. The Balaban J connectivity index is 1.76. The zero-order chi connectivity index (χ0) is 11.7. The number of hydrogen-bond donors (Lipinski definition) is 1. The van der Waals surface area contributed by atoms with Crippen molar-refractivity contribution in [1.82, 2.24) is 9.97 Å². The van der Waals surface area contributed by atoms with Crippen LogP contribution in [0.4, 0.5) is 0 Å². The molecule has 17 heavy (non-hydrogen) atoms. The summed E-state index contributed by atoms with van der Waals surface area (Å²) in [5, 5.41) is 2.42. The Morgan fingerprint density at radius 1 is 1.35 bits per heavy atom. The minimum absolute atomic E-state index is 0.609. The molecule has 0 aliphatic rings. The fourth-order valence-corrected chi connectivity index (χ4v) is 3.57. The predicted octanol–water partition coefficient (Wildman–Crippen LogP) is 4.57. The highest BCUT2D eigenvalue weighted by atomic mass is 35.5. The third-order valence-electron chi connectivity index (χ3n) is 2.40. The maximum absolute atomic E-state index is 5.80. The van der Waals surface area contributed by atoms with Crippen molar-refractivity contribution < 1.29 is 0 Å². The number of halogens is 1. The molecule has 1 aromatic carbocycles. The molecular formula is C12H9ClN2S2. The van der Waals surface area contributed by atoms with Crippen LogP contribution in [0, 0.1) is 0 Å². The Kier molecular flexibility index (Phi) is 3.09. The van der Waals surface area contributed by atoms with Gasteiger partial charge in [0.15, 0.2) is 4.47 Å². The molecule has 0 saturated heterocycles. The van der Waals surface area contributed by atoms with E-state index in [1.807, 2.05) is 18.3 Å². The molecule has 0 atom stereocenters. The number of aromatic nitrogens is 2. The summed E-state index contributed by atoms with van der Waals surface area (Å²) in [5.74, 6) is 0.900. The second-order valence-electron chi connectivity index (χ2n) is 3.59. The van der Waals surface area contributed by atoms with Crippen LogP contribution in [0.2, 0.25) is 4.47 Å². The third-order valence-corrected chi connectivity index (χ3v) is 4.68. The van der Waals surface area contributed by atoms with Crippen LogP contribution in [-0.2, 0) is 5.75 Å². The van der Waals surface area contributed by atoms with E-state index in [1.165, 1.54) is 32.1 Å². The van der Waals surface area contributed by atoms with E-state index >= 15 is 0 Å². The normalized spacial score (nSPS) is 11.1. The predicted molar refractivity (Wildman–Crippen MR) is 75.0 cm³/mol. The summed E-state index contributed by atoms with van der Waals surface area (Å²) in [6, 6.07) is 10.5. The summed E-state index contributed by atoms with van der Waals surface area (Å²) in [6.07, 6.45) is 1.84. The number of fused-ring (bicyclic) bond motifs is 1. The van der Waals surface area contributed by atoms with Gasteiger partial charge in [-0.25, -0.2) is 4.98 Å². The first kappa shape index (κ1) is 11.1. The zero-order valence-corrected chi connectivity index (χ0v) is 11.2. The summed E-state index contributed by atoms with van der Waals surface area (Å²) >= 11 is 9.10. The van der Waals surface area contributed by atoms with Crippen molar-refractivity contribution in [2.24, 2.45) is 0 Å². The summed E-state index contributed by atoms with van der Waals surface area (Å²) in [7, 11) is 0. The van der Waals surface area contributed by atoms with Crippen LogP contribution in [0.3, 0.4) is 0 Å². The second-order valence-corrected chi connectivity index (χ2v) is 6.30. The quantitative estimate of drug-likeness (QED) is 0.712. The van der Waals surface area contributed by atoms with Crippen LogP contribution in [0.1, 0.15) is 4.88 Å². The number of rotatable bonds is 3. The largest absolute Gasteiger partial charge is 0.350 e. The van der Waals surface area contributed by atoms with Gasteiger partial charge >= 0.3 is 0 Å². The molecule has 2 nitrogen and oxygen atoms in total. The first-order chi connectivity index (χ1) is 8.31. The van der Waals surface area contributed by atoms with E-state index < -0.39 is 0 Å². The molecule has 0 fully saturated rings. The lowest BCUT2D eigenvalue weighted by molar-refractivity contribution is 1.23. The minimum atomic E-state index is 0.609. The number of H-pyrrole nitrogens is 1. The highest BCUT2D eigenvalue weighted by Gasteiger charge is 2.03. The molecule has 5 heteroatoms. The van der Waals surface area contributed by atoms with Crippen molar-refractivity contribution in [3.05, 3.63) is 45.9 Å². The third kappa shape index (κ3) is 2.49. The second kappa shape index (κ2) is 4.72. The van der Waals surface area contributed by atoms with Gasteiger partial charge in [-0.05, 0) is 12.1 Å². The number of nitrogens with zero attached hydrogens (tertiary/aromatic N) is 1. The minimum Gasteiger partial charge on any atom is -0.350 e. The average Bonchev–Trinajstić information content (AvgIpc) is 2.91. The Morgan fingerprint density at radius 3 is 3.00 bits per heavy atom. The molecule has 0 radical (unpaired) electrons. The monoisotopic (exact) mass is 280 g/mol. The van der Waals surface area contributed by atoms with Gasteiger partial charge in [0, 0.05) is 27.7 Å². The maximum Gasteiger partial charge on any atom is 0.183 e. The van der Waals surface area contributed by atoms with Gasteiger partial charge in [0.2, 0.25) is 0 Å². The van der Waals surface area contributed by atoms with Crippen molar-refractivity contribution in [2.75, 3.05) is 0 Å². The number of aromatic amines is 1. The van der Waals surface area contributed by atoms with Crippen molar-refractivity contribution >= 4 is 45.6 Å². The van der Waals surface area contributed by atoms with Gasteiger partial charge in [0.1, 0.15) is 0 Å². The Morgan fingerprint density at radius 2 is 2.24 bits per heavy atom. The van der Waals surface area contributed by atoms with Crippen LogP contribution < -0.4 is 0 Å². The molecule has 0 aliphatic carbocycles. The van der Waals surface area contributed by atoms with Gasteiger partial charge < -0.3 is 4.98 Å². The van der Waals surface area contributed by atoms with Crippen LogP contribution in [0.25, 0.3) is 10.9 Å². The Bertz CT molecular complexity index is 612. The van der Waals surface area contributed by atoms with Crippen LogP contribution >= 0.6 is 34.7 Å². The Hall–Kier alpha value is -0.970. The number of thioether (sulfide) groups is 1. The van der Waals surface area contributed by atoms with E-state index in [0.29, 0.717) is 4.47 Å². The van der Waals surface area contributed by atoms with Crippen LogP contribution in [-0.4, -0.2) is 9.97 Å². The summed E-state index contributed by atoms with van der Waals surface area (Å²) < 4.78 is 0.609. The molecule has 1 N–H and O–H groups in total. The number of hydrogen-bond acceptors (Lipinski definition) is 3. The standard InChI is InChI=1S/C12H9ClN2S2/c13-12-14-6-9(17-12)7-16-11-5-8-3-1-2-4-10(8)15-11/h1-6,15H,7H2. The average molecular weight is 281 g/mol. The molecule has 0 unspecified atom stereocenters. The van der Waals surface area contributed by atoms with Gasteiger partial charge in [-0.15, -0.1) is 23.1 Å². The fraction of sp³-hybridized carbons (Fsp3) is 0.0833. The van der Waals surface area contributed by atoms with Gasteiger partial charge in [0.05, 0.1) is 5.03 Å². The molecule has 0 aliphatic heterocycles. The van der Waals surface area contributed by atoms with Crippen LogP contribution in [0.5, 0.6) is 0 Å². The van der Waals surface area contributed by atoms with Gasteiger partial charge in [-0.2, -0.15) is 0 Å². The number of benzene rings is 1. The molecule has 2 heterocycles. The SMILES string of the molecule is Clc1ncc(CSc2cc3ccccc3[nH]2)s1. The highest BCUT2D eigenvalue weighted by Crippen LogP contribution is 2.28. The fourth-order valence-electron chi connectivity index (χ4n) is 1.62. The number of thiazole rings is 1. The first-order valence-corrected chi connectivity index (χ1v) is 7.30. The molecular weight excluding hydrogens is 272 g/mol.